The lowest BCUT2D eigenvalue weighted by Crippen LogP contribution is -2.48. The third-order valence-corrected chi connectivity index (χ3v) is 11.2. The van der Waals surface area contributed by atoms with E-state index in [1.54, 1.807) is 29.9 Å². The van der Waals surface area contributed by atoms with Crippen LogP contribution in [0.15, 0.2) is 47.4 Å². The van der Waals surface area contributed by atoms with E-state index in [0.717, 1.165) is 55.1 Å². The third kappa shape index (κ3) is 5.07. The third-order valence-electron chi connectivity index (χ3n) is 9.55. The predicted octanol–water partition coefficient (Wildman–Crippen LogP) is 4.15. The van der Waals surface area contributed by atoms with Gasteiger partial charge in [-0.1, -0.05) is 17.7 Å². The first-order valence-corrected chi connectivity index (χ1v) is 16.5. The van der Waals surface area contributed by atoms with Gasteiger partial charge in [-0.25, -0.2) is 13.1 Å². The van der Waals surface area contributed by atoms with E-state index < -0.39 is 15.9 Å². The number of amides is 1. The smallest absolute Gasteiger partial charge is 0.264 e. The minimum absolute atomic E-state index is 0.0366. The topological polar surface area (TPSA) is 103 Å². The molecule has 1 aromatic heterocycles. The number of nitrogens with one attached hydrogen (secondary N) is 1. The Morgan fingerprint density at radius 2 is 1.98 bits per heavy atom. The zero-order valence-corrected chi connectivity index (χ0v) is 25.2. The minimum Gasteiger partial charge on any atom is -0.490 e. The van der Waals surface area contributed by atoms with E-state index in [4.69, 9.17) is 21.1 Å². The van der Waals surface area contributed by atoms with Crippen LogP contribution < -0.4 is 14.4 Å². The van der Waals surface area contributed by atoms with Crippen LogP contribution in [0.25, 0.3) is 0 Å². The number of fused-ring (bicyclic) bond motifs is 6. The van der Waals surface area contributed by atoms with Gasteiger partial charge in [0, 0.05) is 30.6 Å². The molecule has 0 saturated heterocycles. The zero-order valence-electron chi connectivity index (χ0n) is 23.6. The molecule has 222 valence electrons. The summed E-state index contributed by atoms with van der Waals surface area (Å²) in [6.07, 6.45) is 5.01. The van der Waals surface area contributed by atoms with Crippen LogP contribution in [0.3, 0.4) is 0 Å². The van der Waals surface area contributed by atoms with Crippen molar-refractivity contribution in [3.8, 4) is 5.75 Å². The zero-order chi connectivity index (χ0) is 29.1. The Balaban J connectivity index is 1.28. The fraction of sp³-hybridized carbons (Fsp3) is 0.484. The van der Waals surface area contributed by atoms with Gasteiger partial charge in [0.25, 0.3) is 10.0 Å². The number of halogens is 1. The van der Waals surface area contributed by atoms with Crippen LogP contribution in [-0.2, 0) is 51.5 Å². The van der Waals surface area contributed by atoms with Gasteiger partial charge >= 0.3 is 0 Å². The van der Waals surface area contributed by atoms with Crippen molar-refractivity contribution in [2.75, 3.05) is 31.2 Å². The van der Waals surface area contributed by atoms with Crippen LogP contribution >= 0.6 is 11.6 Å². The van der Waals surface area contributed by atoms with Crippen LogP contribution in [0.1, 0.15) is 48.2 Å². The molecule has 11 heteroatoms. The Labute approximate surface area is 251 Å². The van der Waals surface area contributed by atoms with Gasteiger partial charge < -0.3 is 14.4 Å². The van der Waals surface area contributed by atoms with Crippen molar-refractivity contribution in [3.63, 3.8) is 0 Å². The molecule has 0 radical (unpaired) electrons. The summed E-state index contributed by atoms with van der Waals surface area (Å²) in [7, 11) is -2.31. The Morgan fingerprint density at radius 1 is 1.12 bits per heavy atom. The van der Waals surface area contributed by atoms with Gasteiger partial charge in [0.2, 0.25) is 5.91 Å². The number of sulfonamides is 1. The van der Waals surface area contributed by atoms with E-state index in [2.05, 4.69) is 26.9 Å². The highest BCUT2D eigenvalue weighted by atomic mass is 35.5. The Kier molecular flexibility index (Phi) is 6.98. The second kappa shape index (κ2) is 10.6. The lowest BCUT2D eigenvalue weighted by atomic mass is 9.69. The van der Waals surface area contributed by atoms with Crippen LogP contribution in [0.4, 0.5) is 5.69 Å². The average molecular weight is 611 g/mol. The molecule has 2 aliphatic carbocycles. The summed E-state index contributed by atoms with van der Waals surface area (Å²) >= 11 is 6.39. The predicted molar refractivity (Wildman–Crippen MR) is 158 cm³/mol. The first kappa shape index (κ1) is 27.7. The molecule has 9 nitrogen and oxygen atoms in total. The highest BCUT2D eigenvalue weighted by Crippen LogP contribution is 2.46. The summed E-state index contributed by atoms with van der Waals surface area (Å²) in [5.74, 6) is 0.829. The van der Waals surface area contributed by atoms with Gasteiger partial charge in [-0.05, 0) is 91.5 Å². The molecule has 3 heterocycles. The van der Waals surface area contributed by atoms with E-state index in [-0.39, 0.29) is 16.7 Å². The molecule has 0 unspecified atom stereocenters. The maximum atomic E-state index is 13.4. The summed E-state index contributed by atoms with van der Waals surface area (Å²) in [4.78, 5) is 15.2. The number of benzene rings is 2. The van der Waals surface area contributed by atoms with Crippen molar-refractivity contribution in [1.82, 2.24) is 14.5 Å². The van der Waals surface area contributed by atoms with Gasteiger partial charge in [-0.15, -0.1) is 0 Å². The maximum Gasteiger partial charge on any atom is 0.264 e. The average Bonchev–Trinajstić information content (AvgIpc) is 3.20. The fourth-order valence-corrected chi connectivity index (χ4v) is 8.36. The summed E-state index contributed by atoms with van der Waals surface area (Å²) in [5.41, 5.74) is 4.35. The summed E-state index contributed by atoms with van der Waals surface area (Å²) < 4.78 is 43.5. The monoisotopic (exact) mass is 610 g/mol. The van der Waals surface area contributed by atoms with Crippen LogP contribution in [0.5, 0.6) is 5.75 Å². The number of aromatic nitrogens is 2. The van der Waals surface area contributed by atoms with Crippen molar-refractivity contribution in [3.05, 3.63) is 70.0 Å². The van der Waals surface area contributed by atoms with Crippen molar-refractivity contribution in [2.45, 2.75) is 55.4 Å². The molecule has 2 aliphatic heterocycles. The number of aryl methyl sites for hydroxylation is 2. The summed E-state index contributed by atoms with van der Waals surface area (Å²) in [5, 5.41) is 5.13. The Hall–Kier alpha value is -3.08. The van der Waals surface area contributed by atoms with E-state index in [9.17, 15) is 13.2 Å². The molecule has 4 bridgehead atoms. The van der Waals surface area contributed by atoms with Crippen molar-refractivity contribution in [1.29, 1.82) is 0 Å². The standard InChI is InChI=1S/C31H35ClN4O5S/c1-35-25-12-24(33-35)13-30(37)34-42(38,39)26-7-9-29-28(14-26)36(15-21-4-5-22(21)16-40-17-25)18-31(19-41-29)10-2-3-20-11-23(32)6-8-27(20)31/h6-9,11-12,14,21-22H,2-5,10,13,15-19H2,1H3,(H,34,37)/t21-,22-,31-/m0/s1. The van der Waals surface area contributed by atoms with Crippen molar-refractivity contribution >= 4 is 33.2 Å². The molecule has 1 fully saturated rings. The van der Waals surface area contributed by atoms with Crippen LogP contribution in [0, 0.1) is 11.8 Å². The number of carbonyl (C=O) groups excluding carboxylic acids is 1. The van der Waals surface area contributed by atoms with Gasteiger partial charge in [0.05, 0.1) is 48.2 Å². The lowest BCUT2D eigenvalue weighted by molar-refractivity contribution is -0.118. The molecule has 2 aromatic carbocycles. The van der Waals surface area contributed by atoms with Crippen molar-refractivity contribution in [2.24, 2.45) is 18.9 Å². The molecular formula is C31H35ClN4O5S. The number of rotatable bonds is 0. The SMILES string of the molecule is Cn1nc2cc1COC[C@@H]1CC[C@H]1CN1C[C@@]3(CCCc4cc(Cl)ccc43)COc3ccc(cc31)S(=O)(=O)NC(=O)C2. The largest absolute Gasteiger partial charge is 0.490 e. The number of anilines is 1. The molecular weight excluding hydrogens is 576 g/mol. The maximum absolute atomic E-state index is 13.4. The summed E-state index contributed by atoms with van der Waals surface area (Å²) in [6.45, 7) is 2.99. The molecule has 42 heavy (non-hydrogen) atoms. The van der Waals surface area contributed by atoms with Crippen LogP contribution in [-0.4, -0.2) is 50.4 Å². The first-order chi connectivity index (χ1) is 20.2. The minimum atomic E-state index is -4.12. The quantitative estimate of drug-likeness (QED) is 0.408. The Bertz CT molecular complexity index is 1660. The Morgan fingerprint density at radius 3 is 2.81 bits per heavy atom. The second-order valence-corrected chi connectivity index (χ2v) is 14.4. The van der Waals surface area contributed by atoms with Crippen LogP contribution in [0.2, 0.25) is 5.02 Å². The number of ether oxygens (including phenoxy) is 2. The van der Waals surface area contributed by atoms with Gasteiger partial charge in [0.1, 0.15) is 5.75 Å². The normalized spacial score (nSPS) is 27.0. The van der Waals surface area contributed by atoms with E-state index in [1.165, 1.54) is 17.2 Å². The first-order valence-electron chi connectivity index (χ1n) is 14.6. The molecule has 3 aromatic rings. The molecule has 1 amide bonds. The van der Waals surface area contributed by atoms with E-state index in [0.29, 0.717) is 49.6 Å². The molecule has 1 N–H and O–H groups in total. The summed E-state index contributed by atoms with van der Waals surface area (Å²) in [6, 6.07) is 12.9. The number of hydrogen-bond donors (Lipinski definition) is 1. The highest BCUT2D eigenvalue weighted by molar-refractivity contribution is 7.90. The van der Waals surface area contributed by atoms with Crippen molar-refractivity contribution < 1.29 is 22.7 Å². The number of hydrogen-bond acceptors (Lipinski definition) is 7. The second-order valence-electron chi connectivity index (χ2n) is 12.3. The van der Waals surface area contributed by atoms with Gasteiger partial charge in [0.15, 0.2) is 0 Å². The van der Waals surface area contributed by atoms with Gasteiger partial charge in [-0.3, -0.25) is 9.48 Å². The number of nitrogens with zero attached hydrogens (tertiary/aromatic N) is 3. The molecule has 3 atom stereocenters. The lowest BCUT2D eigenvalue weighted by Gasteiger charge is -2.44. The van der Waals surface area contributed by atoms with Gasteiger partial charge in [-0.2, -0.15) is 5.10 Å². The molecule has 1 spiro atoms. The van der Waals surface area contributed by atoms with E-state index >= 15 is 0 Å². The fourth-order valence-electron chi connectivity index (χ4n) is 7.16. The van der Waals surface area contributed by atoms with E-state index in [1.807, 2.05) is 6.07 Å². The highest BCUT2D eigenvalue weighted by Gasteiger charge is 2.43. The molecule has 4 aliphatic rings. The number of carbonyl (C=O) groups is 1. The molecule has 7 rings (SSSR count). The molecule has 1 saturated carbocycles.